The van der Waals surface area contributed by atoms with E-state index in [4.69, 9.17) is 5.73 Å². The lowest BCUT2D eigenvalue weighted by Crippen LogP contribution is -2.21. The summed E-state index contributed by atoms with van der Waals surface area (Å²) in [5.41, 5.74) is 11.9. The Kier molecular flexibility index (Phi) is 6.51. The Morgan fingerprint density at radius 2 is 1.59 bits per heavy atom. The summed E-state index contributed by atoms with van der Waals surface area (Å²) < 4.78 is 3.62. The van der Waals surface area contributed by atoms with Gasteiger partial charge in [-0.15, -0.1) is 0 Å². The van der Waals surface area contributed by atoms with Crippen molar-refractivity contribution in [2.24, 2.45) is 7.05 Å². The van der Waals surface area contributed by atoms with Crippen LogP contribution >= 0.6 is 0 Å². The van der Waals surface area contributed by atoms with Crippen LogP contribution < -0.4 is 11.2 Å². The number of pyridine rings is 2. The Hall–Kier alpha value is -4.78. The number of hydrogen-bond donors (Lipinski definition) is 1. The molecule has 2 N–H and O–H groups in total. The summed E-state index contributed by atoms with van der Waals surface area (Å²) >= 11 is 0. The van der Waals surface area contributed by atoms with Gasteiger partial charge in [-0.05, 0) is 29.7 Å². The van der Waals surface area contributed by atoms with Crippen LogP contribution in [0.25, 0.3) is 33.4 Å². The van der Waals surface area contributed by atoms with E-state index in [9.17, 15) is 9.59 Å². The second-order valence-electron chi connectivity index (χ2n) is 8.97. The van der Waals surface area contributed by atoms with Gasteiger partial charge in [0.25, 0.3) is 0 Å². The van der Waals surface area contributed by atoms with Crippen LogP contribution in [0.4, 0.5) is 5.82 Å². The summed E-state index contributed by atoms with van der Waals surface area (Å²) in [7, 11) is 1.87. The van der Waals surface area contributed by atoms with Gasteiger partial charge in [0.15, 0.2) is 11.2 Å². The van der Waals surface area contributed by atoms with Crippen LogP contribution in [-0.4, -0.2) is 25.1 Å². The van der Waals surface area contributed by atoms with Crippen molar-refractivity contribution in [3.05, 3.63) is 113 Å². The molecular formula is C30H27N5O2. The first-order valence-corrected chi connectivity index (χ1v) is 12.1. The van der Waals surface area contributed by atoms with Crippen LogP contribution in [0.2, 0.25) is 0 Å². The zero-order chi connectivity index (χ0) is 25.9. The molecule has 7 heteroatoms. The molecule has 37 heavy (non-hydrogen) atoms. The van der Waals surface area contributed by atoms with Crippen molar-refractivity contribution in [3.63, 3.8) is 0 Å². The molecule has 0 aliphatic rings. The second kappa shape index (κ2) is 10.1. The maximum atomic E-state index is 13.2. The standard InChI is InChI=1S/C30H27N5O2/c1-3-35-18-26(21-7-5-4-6-8-21)29(37)27(19-35)28(36)13-20-9-11-22(12-10-20)25-14-23(15-32-30(25)31)24-16-33-34(2)17-24/h4-12,14-19H,3,13H2,1-2H3,(H2,31,32). The minimum Gasteiger partial charge on any atom is -0.383 e. The van der Waals surface area contributed by atoms with Crippen LogP contribution in [0.3, 0.4) is 0 Å². The number of nitrogen functional groups attached to an aromatic ring is 1. The summed E-state index contributed by atoms with van der Waals surface area (Å²) in [6.07, 6.45) is 9.02. The van der Waals surface area contributed by atoms with Gasteiger partial charge in [-0.2, -0.15) is 5.10 Å². The van der Waals surface area contributed by atoms with Gasteiger partial charge >= 0.3 is 0 Å². The van der Waals surface area contributed by atoms with Crippen LogP contribution in [0.15, 0.2) is 96.4 Å². The largest absolute Gasteiger partial charge is 0.383 e. The fourth-order valence-corrected chi connectivity index (χ4v) is 4.35. The third-order valence-electron chi connectivity index (χ3n) is 6.42. The van der Waals surface area contributed by atoms with Crippen LogP contribution in [0.1, 0.15) is 22.8 Å². The molecule has 0 bridgehead atoms. The lowest BCUT2D eigenvalue weighted by Gasteiger charge is -2.11. The number of nitrogens with two attached hydrogens (primary N) is 1. The molecular weight excluding hydrogens is 462 g/mol. The molecule has 0 atom stereocenters. The number of rotatable bonds is 7. The van der Waals surface area contributed by atoms with Crippen molar-refractivity contribution in [3.8, 4) is 33.4 Å². The third kappa shape index (κ3) is 4.97. The monoisotopic (exact) mass is 489 g/mol. The number of aryl methyl sites for hydroxylation is 2. The van der Waals surface area contributed by atoms with Crippen molar-refractivity contribution < 1.29 is 4.79 Å². The number of carbonyl (C=O) groups is 1. The molecule has 5 rings (SSSR count). The molecule has 0 radical (unpaired) electrons. The predicted molar refractivity (Wildman–Crippen MR) is 146 cm³/mol. The average Bonchev–Trinajstić information content (AvgIpc) is 3.36. The SMILES string of the molecule is CCn1cc(C(=O)Cc2ccc(-c3cc(-c4cnn(C)c4)cnc3N)cc2)c(=O)c(-c2ccccc2)c1. The topological polar surface area (TPSA) is 95.8 Å². The summed E-state index contributed by atoms with van der Waals surface area (Å²) in [5.74, 6) is 0.215. The number of aromatic nitrogens is 4. The van der Waals surface area contributed by atoms with E-state index >= 15 is 0 Å². The molecule has 2 aromatic carbocycles. The Bertz CT molecular complexity index is 1630. The lowest BCUT2D eigenvalue weighted by atomic mass is 9.97. The number of hydrogen-bond acceptors (Lipinski definition) is 5. The van der Waals surface area contributed by atoms with Gasteiger partial charge < -0.3 is 10.3 Å². The Morgan fingerprint density at radius 3 is 2.27 bits per heavy atom. The average molecular weight is 490 g/mol. The molecule has 0 saturated heterocycles. The first kappa shape index (κ1) is 23.9. The zero-order valence-electron chi connectivity index (χ0n) is 20.8. The molecule has 3 heterocycles. The maximum Gasteiger partial charge on any atom is 0.200 e. The fourth-order valence-electron chi connectivity index (χ4n) is 4.35. The Balaban J connectivity index is 1.41. The first-order valence-electron chi connectivity index (χ1n) is 12.1. The molecule has 0 aliphatic carbocycles. The lowest BCUT2D eigenvalue weighted by molar-refractivity contribution is 0.0991. The minimum absolute atomic E-state index is 0.126. The van der Waals surface area contributed by atoms with Gasteiger partial charge in [0, 0.05) is 67.1 Å². The van der Waals surface area contributed by atoms with Gasteiger partial charge in [-0.25, -0.2) is 4.98 Å². The summed E-state index contributed by atoms with van der Waals surface area (Å²) in [4.78, 5) is 30.8. The number of carbonyl (C=O) groups excluding carboxylic acids is 1. The molecule has 0 amide bonds. The molecule has 0 spiro atoms. The number of Topliss-reactive ketones (excluding diaryl/α,β-unsaturated/α-hetero) is 1. The molecule has 184 valence electrons. The molecule has 0 saturated carbocycles. The van der Waals surface area contributed by atoms with Gasteiger partial charge in [0.05, 0.1) is 11.8 Å². The predicted octanol–water partition coefficient (Wildman–Crippen LogP) is 5.01. The summed E-state index contributed by atoms with van der Waals surface area (Å²) in [6.45, 7) is 2.64. The molecule has 0 fully saturated rings. The van der Waals surface area contributed by atoms with Gasteiger partial charge in [0.2, 0.25) is 0 Å². The molecule has 3 aromatic heterocycles. The van der Waals surface area contributed by atoms with Crippen LogP contribution in [-0.2, 0) is 20.0 Å². The van der Waals surface area contributed by atoms with Gasteiger partial charge in [0.1, 0.15) is 5.82 Å². The first-order chi connectivity index (χ1) is 17.9. The Morgan fingerprint density at radius 1 is 0.865 bits per heavy atom. The smallest absolute Gasteiger partial charge is 0.200 e. The molecule has 0 aliphatic heterocycles. The van der Waals surface area contributed by atoms with E-state index < -0.39 is 0 Å². The van der Waals surface area contributed by atoms with E-state index in [0.717, 1.165) is 33.4 Å². The van der Waals surface area contributed by atoms with Crippen molar-refractivity contribution in [1.82, 2.24) is 19.3 Å². The minimum atomic E-state index is -0.247. The number of ketones is 1. The second-order valence-corrected chi connectivity index (χ2v) is 8.97. The zero-order valence-corrected chi connectivity index (χ0v) is 20.8. The van der Waals surface area contributed by atoms with Crippen molar-refractivity contribution in [2.75, 3.05) is 5.73 Å². The van der Waals surface area contributed by atoms with Crippen LogP contribution in [0, 0.1) is 0 Å². The van der Waals surface area contributed by atoms with Gasteiger partial charge in [-0.1, -0.05) is 54.6 Å². The highest BCUT2D eigenvalue weighted by molar-refractivity contribution is 5.98. The van der Waals surface area contributed by atoms with E-state index in [0.29, 0.717) is 17.9 Å². The van der Waals surface area contributed by atoms with Gasteiger partial charge in [-0.3, -0.25) is 14.3 Å². The number of nitrogens with zero attached hydrogens (tertiary/aromatic N) is 4. The van der Waals surface area contributed by atoms with E-state index in [2.05, 4.69) is 10.1 Å². The van der Waals surface area contributed by atoms with Crippen LogP contribution in [0.5, 0.6) is 0 Å². The molecule has 0 unspecified atom stereocenters. The molecule has 5 aromatic rings. The Labute approximate surface area is 214 Å². The van der Waals surface area contributed by atoms with E-state index in [1.807, 2.05) is 85.4 Å². The third-order valence-corrected chi connectivity index (χ3v) is 6.42. The maximum absolute atomic E-state index is 13.2. The summed E-state index contributed by atoms with van der Waals surface area (Å²) in [5, 5.41) is 4.22. The fraction of sp³-hybridized carbons (Fsp3) is 0.133. The highest BCUT2D eigenvalue weighted by Crippen LogP contribution is 2.29. The summed E-state index contributed by atoms with van der Waals surface area (Å²) in [6, 6.07) is 19.1. The number of benzene rings is 2. The highest BCUT2D eigenvalue weighted by Gasteiger charge is 2.17. The quantitative estimate of drug-likeness (QED) is 0.325. The molecule has 7 nitrogen and oxygen atoms in total. The number of anilines is 1. The van der Waals surface area contributed by atoms with E-state index in [1.54, 1.807) is 29.5 Å². The normalized spacial score (nSPS) is 11.0. The van der Waals surface area contributed by atoms with Crippen molar-refractivity contribution in [1.29, 1.82) is 0 Å². The van der Waals surface area contributed by atoms with Crippen molar-refractivity contribution in [2.45, 2.75) is 19.9 Å². The van der Waals surface area contributed by atoms with E-state index in [1.165, 1.54) is 0 Å². The van der Waals surface area contributed by atoms with Crippen molar-refractivity contribution >= 4 is 11.6 Å². The van der Waals surface area contributed by atoms with E-state index in [-0.39, 0.29) is 23.2 Å². The highest BCUT2D eigenvalue weighted by atomic mass is 16.1.